The summed E-state index contributed by atoms with van der Waals surface area (Å²) < 4.78 is 0. The number of nitrogens with zero attached hydrogens (tertiary/aromatic N) is 3. The van der Waals surface area contributed by atoms with Crippen LogP contribution in [0.25, 0.3) is 11.6 Å². The third-order valence-electron chi connectivity index (χ3n) is 8.02. The van der Waals surface area contributed by atoms with Gasteiger partial charge in [-0.15, -0.1) is 0 Å². The average molecular weight is 473 g/mol. The van der Waals surface area contributed by atoms with Crippen LogP contribution in [0, 0.1) is 6.92 Å². The van der Waals surface area contributed by atoms with Crippen molar-refractivity contribution in [1.29, 1.82) is 0 Å². The molecule has 1 aromatic carbocycles. The molecule has 0 aliphatic carbocycles. The minimum Gasteiger partial charge on any atom is -0.365 e. The van der Waals surface area contributed by atoms with Gasteiger partial charge in [0.25, 0.3) is 0 Å². The van der Waals surface area contributed by atoms with E-state index in [-0.39, 0.29) is 11.9 Å². The number of carbonyl (C=O) groups is 1. The van der Waals surface area contributed by atoms with Crippen molar-refractivity contribution < 1.29 is 4.79 Å². The summed E-state index contributed by atoms with van der Waals surface area (Å²) in [5.41, 5.74) is 14.6. The number of piperidine rings is 1. The lowest BCUT2D eigenvalue weighted by molar-refractivity contribution is 0.101. The van der Waals surface area contributed by atoms with E-state index in [1.807, 2.05) is 18.3 Å². The summed E-state index contributed by atoms with van der Waals surface area (Å²) in [6, 6.07) is 10.8. The highest BCUT2D eigenvalue weighted by Crippen LogP contribution is 2.33. The molecule has 2 unspecified atom stereocenters. The maximum atomic E-state index is 11.6. The van der Waals surface area contributed by atoms with E-state index in [1.165, 1.54) is 27.8 Å². The van der Waals surface area contributed by atoms with Gasteiger partial charge >= 0.3 is 0 Å². The number of rotatable bonds is 6. The molecular weight excluding hydrogens is 432 g/mol. The van der Waals surface area contributed by atoms with Crippen LogP contribution in [-0.2, 0) is 0 Å². The molecule has 0 spiro atoms. The lowest BCUT2D eigenvalue weighted by Gasteiger charge is -2.37. The topological polar surface area (TPSA) is 62.5 Å². The van der Waals surface area contributed by atoms with Gasteiger partial charge in [-0.1, -0.05) is 35.9 Å². The molecule has 2 atom stereocenters. The van der Waals surface area contributed by atoms with E-state index >= 15 is 0 Å². The molecule has 0 bridgehead atoms. The van der Waals surface area contributed by atoms with Crippen molar-refractivity contribution in [3.05, 3.63) is 76.2 Å². The van der Waals surface area contributed by atoms with Crippen molar-refractivity contribution in [1.82, 2.24) is 14.8 Å². The first-order valence-electron chi connectivity index (χ1n) is 12.9. The van der Waals surface area contributed by atoms with Crippen molar-refractivity contribution in [2.45, 2.75) is 71.5 Å². The first kappa shape index (κ1) is 25.3. The molecule has 3 heterocycles. The van der Waals surface area contributed by atoms with E-state index in [4.69, 9.17) is 5.73 Å². The first-order chi connectivity index (χ1) is 16.7. The van der Waals surface area contributed by atoms with E-state index < -0.39 is 0 Å². The Morgan fingerprint density at radius 2 is 1.80 bits per heavy atom. The van der Waals surface area contributed by atoms with Crippen LogP contribution in [0.2, 0.25) is 0 Å². The molecule has 5 heteroatoms. The number of Topliss-reactive ketones (excluding diaryl/α,β-unsaturated/α-hetero) is 1. The lowest BCUT2D eigenvalue weighted by Crippen LogP contribution is -2.40. The van der Waals surface area contributed by atoms with E-state index in [0.29, 0.717) is 12.0 Å². The molecular formula is C30H40N4O. The fourth-order valence-corrected chi connectivity index (χ4v) is 5.40. The van der Waals surface area contributed by atoms with Gasteiger partial charge < -0.3 is 10.6 Å². The highest BCUT2D eigenvalue weighted by Gasteiger charge is 2.25. The second kappa shape index (κ2) is 10.9. The van der Waals surface area contributed by atoms with Crippen LogP contribution < -0.4 is 5.73 Å². The van der Waals surface area contributed by atoms with E-state index in [0.717, 1.165) is 50.0 Å². The van der Waals surface area contributed by atoms with Crippen LogP contribution in [-0.4, -0.2) is 52.9 Å². The highest BCUT2D eigenvalue weighted by atomic mass is 16.1. The maximum Gasteiger partial charge on any atom is 0.159 e. The lowest BCUT2D eigenvalue weighted by atomic mass is 9.87. The van der Waals surface area contributed by atoms with Gasteiger partial charge in [0.05, 0.1) is 6.17 Å². The molecule has 2 aliphatic heterocycles. The number of carbonyl (C=O) groups excluding carboxylic acids is 1. The minimum absolute atomic E-state index is 0.0948. The van der Waals surface area contributed by atoms with Crippen LogP contribution >= 0.6 is 0 Å². The van der Waals surface area contributed by atoms with Crippen LogP contribution in [0.4, 0.5) is 0 Å². The summed E-state index contributed by atoms with van der Waals surface area (Å²) in [4.78, 5) is 20.9. The van der Waals surface area contributed by atoms with Gasteiger partial charge in [-0.3, -0.25) is 14.7 Å². The molecule has 35 heavy (non-hydrogen) atoms. The number of benzene rings is 1. The Hall–Kier alpha value is -2.76. The number of likely N-dealkylation sites (tertiary alicyclic amines) is 1. The Labute approximate surface area is 210 Å². The van der Waals surface area contributed by atoms with E-state index in [9.17, 15) is 4.79 Å². The van der Waals surface area contributed by atoms with Crippen LogP contribution in [0.5, 0.6) is 0 Å². The third-order valence-corrected chi connectivity index (χ3v) is 8.02. The number of aromatic nitrogens is 1. The number of pyridine rings is 1. The van der Waals surface area contributed by atoms with Gasteiger partial charge in [-0.05, 0) is 95.2 Å². The standard InChI is InChI=1S/C30H40N4O/c1-20(18-29-21(2)32-15-12-28(29)27-10-11-30(31)33(5)19-27)22(3)34-16-13-26(14-17-34)25-8-6-24(7-9-25)23(4)35/h6-9,12,15,18-19,22,26,30H,10-11,13-14,16-17,31H2,1-5H3/b20-18+. The number of aryl methyl sites for hydroxylation is 1. The number of ketones is 1. The van der Waals surface area contributed by atoms with Gasteiger partial charge in [0.1, 0.15) is 0 Å². The summed E-state index contributed by atoms with van der Waals surface area (Å²) in [5.74, 6) is 0.697. The zero-order valence-electron chi connectivity index (χ0n) is 21.9. The third kappa shape index (κ3) is 5.74. The monoisotopic (exact) mass is 472 g/mol. The molecule has 2 N–H and O–H groups in total. The SMILES string of the molecule is CC(=O)c1ccc(C2CCN(C(C)/C(C)=C/c3c(C4=CN(C)C(N)CC4)ccnc3C)CC2)cc1. The van der Waals surface area contributed by atoms with Gasteiger partial charge in [0, 0.05) is 42.3 Å². The molecule has 1 aromatic heterocycles. The quantitative estimate of drug-likeness (QED) is 0.553. The Bertz CT molecular complexity index is 1110. The fraction of sp³-hybridized carbons (Fsp3) is 0.467. The number of hydrogen-bond donors (Lipinski definition) is 1. The largest absolute Gasteiger partial charge is 0.365 e. The molecule has 2 aliphatic rings. The summed E-state index contributed by atoms with van der Waals surface area (Å²) in [6.07, 6.45) is 10.8. The van der Waals surface area contributed by atoms with E-state index in [2.05, 4.69) is 73.1 Å². The zero-order chi connectivity index (χ0) is 25.1. The normalized spacial score (nSPS) is 21.1. The molecule has 0 radical (unpaired) electrons. The number of allylic oxidation sites excluding steroid dienone is 1. The van der Waals surface area contributed by atoms with Crippen molar-refractivity contribution in [2.75, 3.05) is 20.1 Å². The molecule has 4 rings (SSSR count). The predicted molar refractivity (Wildman–Crippen MR) is 145 cm³/mol. The Balaban J connectivity index is 1.46. The van der Waals surface area contributed by atoms with Gasteiger partial charge in [0.2, 0.25) is 0 Å². The zero-order valence-corrected chi connectivity index (χ0v) is 21.9. The summed E-state index contributed by atoms with van der Waals surface area (Å²) in [7, 11) is 2.06. The fourth-order valence-electron chi connectivity index (χ4n) is 5.40. The molecule has 1 fully saturated rings. The van der Waals surface area contributed by atoms with Crippen molar-refractivity contribution in [3.63, 3.8) is 0 Å². The summed E-state index contributed by atoms with van der Waals surface area (Å²) >= 11 is 0. The summed E-state index contributed by atoms with van der Waals surface area (Å²) in [6.45, 7) is 10.5. The van der Waals surface area contributed by atoms with Gasteiger partial charge in [0.15, 0.2) is 5.78 Å². The van der Waals surface area contributed by atoms with Crippen molar-refractivity contribution in [2.24, 2.45) is 5.73 Å². The van der Waals surface area contributed by atoms with Gasteiger partial charge in [-0.25, -0.2) is 0 Å². The van der Waals surface area contributed by atoms with Crippen LogP contribution in [0.15, 0.2) is 48.3 Å². The molecule has 2 aromatic rings. The predicted octanol–water partition coefficient (Wildman–Crippen LogP) is 5.62. The molecule has 0 saturated carbocycles. The van der Waals surface area contributed by atoms with Crippen LogP contribution in [0.1, 0.15) is 85.1 Å². The molecule has 5 nitrogen and oxygen atoms in total. The maximum absolute atomic E-state index is 11.6. The Morgan fingerprint density at radius 1 is 1.11 bits per heavy atom. The minimum atomic E-state index is 0.0948. The smallest absolute Gasteiger partial charge is 0.159 e. The molecule has 0 amide bonds. The van der Waals surface area contributed by atoms with Crippen molar-refractivity contribution >= 4 is 17.4 Å². The number of hydrogen-bond acceptors (Lipinski definition) is 5. The van der Waals surface area contributed by atoms with Gasteiger partial charge in [-0.2, -0.15) is 0 Å². The van der Waals surface area contributed by atoms with Crippen LogP contribution in [0.3, 0.4) is 0 Å². The van der Waals surface area contributed by atoms with Crippen molar-refractivity contribution in [3.8, 4) is 0 Å². The second-order valence-electron chi connectivity index (χ2n) is 10.3. The summed E-state index contributed by atoms with van der Waals surface area (Å²) in [5, 5.41) is 0. The highest BCUT2D eigenvalue weighted by molar-refractivity contribution is 5.94. The first-order valence-corrected chi connectivity index (χ1v) is 12.9. The Morgan fingerprint density at radius 3 is 2.43 bits per heavy atom. The molecule has 1 saturated heterocycles. The molecule has 186 valence electrons. The number of nitrogens with two attached hydrogens (primary N) is 1. The average Bonchev–Trinajstić information content (AvgIpc) is 2.86. The second-order valence-corrected chi connectivity index (χ2v) is 10.3. The Kier molecular flexibility index (Phi) is 7.88. The van der Waals surface area contributed by atoms with E-state index in [1.54, 1.807) is 6.92 Å².